The Balaban J connectivity index is 2.50. The van der Waals surface area contributed by atoms with Crippen LogP contribution < -0.4 is 0 Å². The molecule has 0 aliphatic carbocycles. The number of hydrogen-bond acceptors (Lipinski definition) is 3. The average molecular weight is 231 g/mol. The predicted molar refractivity (Wildman–Crippen MR) is 48.6 cm³/mol. The lowest BCUT2D eigenvalue weighted by atomic mass is 10.3. The zero-order valence-electron chi connectivity index (χ0n) is 7.36. The van der Waals surface area contributed by atoms with Crippen molar-refractivity contribution in [2.75, 3.05) is 0 Å². The highest BCUT2D eigenvalue weighted by Crippen LogP contribution is 2.13. The first-order chi connectivity index (χ1) is 7.22. The highest BCUT2D eigenvalue weighted by Gasteiger charge is 2.09. The Morgan fingerprint density at radius 3 is 2.73 bits per heavy atom. The number of halogens is 3. The first kappa shape index (κ1) is 9.97. The first-order valence-corrected chi connectivity index (χ1v) is 4.54. The summed E-state index contributed by atoms with van der Waals surface area (Å²) in [6.07, 6.45) is 0. The van der Waals surface area contributed by atoms with E-state index in [1.54, 1.807) is 0 Å². The van der Waals surface area contributed by atoms with Gasteiger partial charge in [-0.1, -0.05) is 0 Å². The van der Waals surface area contributed by atoms with E-state index in [9.17, 15) is 8.78 Å². The van der Waals surface area contributed by atoms with Gasteiger partial charge in [0.1, 0.15) is 0 Å². The topological polar surface area (TPSA) is 43.6 Å². The number of aromatic nitrogens is 4. The van der Waals surface area contributed by atoms with Gasteiger partial charge in [0.2, 0.25) is 0 Å². The number of rotatable bonds is 2. The lowest BCUT2D eigenvalue weighted by molar-refractivity contribution is 0.507. The standard InChI is InChI=1S/C8H5ClF2N4/c9-4-8-12-13-14-15(8)5-1-2-6(10)7(11)3-5/h1-3H,4H2. The predicted octanol–water partition coefficient (Wildman–Crippen LogP) is 1.68. The van der Waals surface area contributed by atoms with Crippen molar-refractivity contribution < 1.29 is 8.78 Å². The number of alkyl halides is 1. The van der Waals surface area contributed by atoms with Crippen molar-refractivity contribution >= 4 is 11.6 Å². The van der Waals surface area contributed by atoms with Gasteiger partial charge in [-0.3, -0.25) is 0 Å². The molecule has 0 aliphatic rings. The monoisotopic (exact) mass is 230 g/mol. The summed E-state index contributed by atoms with van der Waals surface area (Å²) in [6, 6.07) is 3.37. The molecule has 1 aromatic heterocycles. The molecular weight excluding hydrogens is 226 g/mol. The van der Waals surface area contributed by atoms with E-state index < -0.39 is 11.6 Å². The van der Waals surface area contributed by atoms with Crippen LogP contribution in [0.25, 0.3) is 5.69 Å². The van der Waals surface area contributed by atoms with Crippen LogP contribution >= 0.6 is 11.6 Å². The van der Waals surface area contributed by atoms with Crippen LogP contribution in [0, 0.1) is 11.6 Å². The molecule has 4 nitrogen and oxygen atoms in total. The molecule has 15 heavy (non-hydrogen) atoms. The molecule has 0 bridgehead atoms. The highest BCUT2D eigenvalue weighted by atomic mass is 35.5. The summed E-state index contributed by atoms with van der Waals surface area (Å²) in [5.41, 5.74) is 0.328. The Morgan fingerprint density at radius 2 is 2.07 bits per heavy atom. The molecule has 0 saturated heterocycles. The molecule has 0 unspecified atom stereocenters. The van der Waals surface area contributed by atoms with Crippen molar-refractivity contribution in [1.29, 1.82) is 0 Å². The summed E-state index contributed by atoms with van der Waals surface area (Å²) >= 11 is 5.56. The maximum atomic E-state index is 12.9. The third-order valence-electron chi connectivity index (χ3n) is 1.80. The lowest BCUT2D eigenvalue weighted by Crippen LogP contribution is -2.02. The van der Waals surface area contributed by atoms with Crippen molar-refractivity contribution in [3.05, 3.63) is 35.7 Å². The maximum Gasteiger partial charge on any atom is 0.171 e. The van der Waals surface area contributed by atoms with Crippen LogP contribution in [0.3, 0.4) is 0 Å². The SMILES string of the molecule is Fc1ccc(-n2nnnc2CCl)cc1F. The quantitative estimate of drug-likeness (QED) is 0.738. The van der Waals surface area contributed by atoms with E-state index >= 15 is 0 Å². The van der Waals surface area contributed by atoms with Gasteiger partial charge in [0.25, 0.3) is 0 Å². The van der Waals surface area contributed by atoms with Gasteiger partial charge in [0.15, 0.2) is 17.5 Å². The Labute approximate surface area is 88.5 Å². The zero-order chi connectivity index (χ0) is 10.8. The first-order valence-electron chi connectivity index (χ1n) is 4.01. The fourth-order valence-corrected chi connectivity index (χ4v) is 1.27. The molecule has 0 amide bonds. The lowest BCUT2D eigenvalue weighted by Gasteiger charge is -2.02. The zero-order valence-corrected chi connectivity index (χ0v) is 8.12. The third-order valence-corrected chi connectivity index (χ3v) is 2.04. The van der Waals surface area contributed by atoms with E-state index in [0.717, 1.165) is 12.1 Å². The van der Waals surface area contributed by atoms with Gasteiger partial charge in [-0.2, -0.15) is 4.68 Å². The molecule has 7 heteroatoms. The van der Waals surface area contributed by atoms with Gasteiger partial charge < -0.3 is 0 Å². The van der Waals surface area contributed by atoms with E-state index in [2.05, 4.69) is 15.5 Å². The van der Waals surface area contributed by atoms with E-state index in [0.29, 0.717) is 11.5 Å². The molecule has 0 fully saturated rings. The second-order valence-electron chi connectivity index (χ2n) is 2.74. The van der Waals surface area contributed by atoms with Crippen LogP contribution in [0.4, 0.5) is 8.78 Å². The molecule has 0 N–H and O–H groups in total. The average Bonchev–Trinajstić information content (AvgIpc) is 2.70. The van der Waals surface area contributed by atoms with E-state index in [4.69, 9.17) is 11.6 Å². The molecule has 2 aromatic rings. The Morgan fingerprint density at radius 1 is 1.27 bits per heavy atom. The van der Waals surface area contributed by atoms with Crippen molar-refractivity contribution in [2.45, 2.75) is 5.88 Å². The van der Waals surface area contributed by atoms with Gasteiger partial charge in [-0.25, -0.2) is 8.78 Å². The van der Waals surface area contributed by atoms with Gasteiger partial charge in [-0.05, 0) is 22.6 Å². The molecule has 2 rings (SSSR count). The fourth-order valence-electron chi connectivity index (χ4n) is 1.11. The van der Waals surface area contributed by atoms with Gasteiger partial charge in [-0.15, -0.1) is 16.7 Å². The van der Waals surface area contributed by atoms with Crippen molar-refractivity contribution in [3.8, 4) is 5.69 Å². The third kappa shape index (κ3) is 1.80. The van der Waals surface area contributed by atoms with E-state index in [1.165, 1.54) is 10.7 Å². The summed E-state index contributed by atoms with van der Waals surface area (Å²) < 4.78 is 26.8. The minimum Gasteiger partial charge on any atom is -0.204 e. The van der Waals surface area contributed by atoms with Gasteiger partial charge in [0.05, 0.1) is 11.6 Å². The molecular formula is C8H5ClF2N4. The van der Waals surface area contributed by atoms with Crippen molar-refractivity contribution in [1.82, 2.24) is 20.2 Å². The molecule has 0 spiro atoms. The summed E-state index contributed by atoms with van der Waals surface area (Å²) in [7, 11) is 0. The molecule has 1 aromatic carbocycles. The van der Waals surface area contributed by atoms with Gasteiger partial charge in [0, 0.05) is 6.07 Å². The molecule has 0 saturated carbocycles. The normalized spacial score (nSPS) is 10.6. The molecule has 0 aliphatic heterocycles. The van der Waals surface area contributed by atoms with E-state index in [1.807, 2.05) is 0 Å². The largest absolute Gasteiger partial charge is 0.204 e. The smallest absolute Gasteiger partial charge is 0.171 e. The molecule has 1 heterocycles. The van der Waals surface area contributed by atoms with Crippen LogP contribution in [0.15, 0.2) is 18.2 Å². The second kappa shape index (κ2) is 3.90. The number of benzene rings is 1. The molecule has 0 atom stereocenters. The van der Waals surface area contributed by atoms with Crippen LogP contribution in [-0.2, 0) is 5.88 Å². The highest BCUT2D eigenvalue weighted by molar-refractivity contribution is 6.16. The van der Waals surface area contributed by atoms with Crippen LogP contribution in [0.2, 0.25) is 0 Å². The van der Waals surface area contributed by atoms with Crippen LogP contribution in [-0.4, -0.2) is 20.2 Å². The van der Waals surface area contributed by atoms with Crippen molar-refractivity contribution in [3.63, 3.8) is 0 Å². The number of nitrogens with zero attached hydrogens (tertiary/aromatic N) is 4. The Hall–Kier alpha value is -1.56. The summed E-state index contributed by atoms with van der Waals surface area (Å²) in [5.74, 6) is -1.42. The minimum absolute atomic E-state index is 0.0893. The van der Waals surface area contributed by atoms with Crippen molar-refractivity contribution in [2.24, 2.45) is 0 Å². The Bertz CT molecular complexity index is 485. The van der Waals surface area contributed by atoms with Crippen LogP contribution in [0.1, 0.15) is 5.82 Å². The van der Waals surface area contributed by atoms with Gasteiger partial charge >= 0.3 is 0 Å². The van der Waals surface area contributed by atoms with Crippen LogP contribution in [0.5, 0.6) is 0 Å². The Kier molecular flexibility index (Phi) is 2.59. The minimum atomic E-state index is -0.955. The van der Waals surface area contributed by atoms with E-state index in [-0.39, 0.29) is 5.88 Å². The molecule has 0 radical (unpaired) electrons. The summed E-state index contributed by atoms with van der Waals surface area (Å²) in [6.45, 7) is 0. The molecule has 78 valence electrons. The summed E-state index contributed by atoms with van der Waals surface area (Å²) in [4.78, 5) is 0. The second-order valence-corrected chi connectivity index (χ2v) is 3.01. The summed E-state index contributed by atoms with van der Waals surface area (Å²) in [5, 5.41) is 10.6. The number of hydrogen-bond donors (Lipinski definition) is 0. The maximum absolute atomic E-state index is 12.9. The number of tetrazole rings is 1. The fraction of sp³-hybridized carbons (Fsp3) is 0.125.